The molecule has 72 valence electrons. The molecule has 1 aliphatic carbocycles. The van der Waals surface area contributed by atoms with Crippen LogP contribution in [-0.4, -0.2) is 20.8 Å². The van der Waals surface area contributed by atoms with E-state index in [2.05, 4.69) is 16.5 Å². The molecule has 2 rings (SSSR count). The lowest BCUT2D eigenvalue weighted by Gasteiger charge is -2.17. The first kappa shape index (κ1) is 8.75. The summed E-state index contributed by atoms with van der Waals surface area (Å²) >= 11 is 0. The van der Waals surface area contributed by atoms with Gasteiger partial charge in [0.15, 0.2) is 0 Å². The molecule has 0 bridgehead atoms. The monoisotopic (exact) mass is 180 g/mol. The molecule has 2 atom stereocenters. The zero-order valence-corrected chi connectivity index (χ0v) is 8.20. The van der Waals surface area contributed by atoms with Gasteiger partial charge in [-0.3, -0.25) is 0 Å². The number of aliphatic hydroxyl groups is 1. The largest absolute Gasteiger partial charge is 0.391 e. The highest BCUT2D eigenvalue weighted by atomic mass is 16.3. The Labute approximate surface area is 78.4 Å². The van der Waals surface area contributed by atoms with Gasteiger partial charge < -0.3 is 9.67 Å². The van der Waals surface area contributed by atoms with E-state index >= 15 is 0 Å². The minimum Gasteiger partial charge on any atom is -0.391 e. The second-order valence-corrected chi connectivity index (χ2v) is 3.89. The van der Waals surface area contributed by atoms with Gasteiger partial charge in [0.1, 0.15) is 0 Å². The Morgan fingerprint density at radius 2 is 2.23 bits per heavy atom. The number of nitrogens with zero attached hydrogens (tertiary/aromatic N) is 2. The van der Waals surface area contributed by atoms with Crippen LogP contribution in [0.25, 0.3) is 0 Å². The van der Waals surface area contributed by atoms with Crippen LogP contribution in [0.5, 0.6) is 0 Å². The molecule has 0 saturated heterocycles. The molecule has 3 heteroatoms. The third-order valence-corrected chi connectivity index (χ3v) is 3.09. The molecule has 0 unspecified atom stereocenters. The third-order valence-electron chi connectivity index (χ3n) is 3.09. The Balaban J connectivity index is 2.29. The number of aromatic nitrogens is 2. The van der Waals surface area contributed by atoms with Crippen LogP contribution >= 0.6 is 0 Å². The fraction of sp³-hybridized carbons (Fsp3) is 0.700. The molecule has 0 aliphatic heterocycles. The highest BCUT2D eigenvalue weighted by Gasteiger charge is 2.27. The Morgan fingerprint density at radius 1 is 1.46 bits per heavy atom. The molecular weight excluding hydrogens is 164 g/mol. The van der Waals surface area contributed by atoms with E-state index in [0.717, 1.165) is 25.0 Å². The zero-order chi connectivity index (χ0) is 9.42. The molecule has 0 radical (unpaired) electrons. The molecule has 1 saturated carbocycles. The van der Waals surface area contributed by atoms with Crippen molar-refractivity contribution in [2.45, 2.75) is 45.3 Å². The van der Waals surface area contributed by atoms with Crippen LogP contribution in [0.4, 0.5) is 0 Å². The van der Waals surface area contributed by atoms with E-state index in [0.29, 0.717) is 0 Å². The Bertz CT molecular complexity index is 306. The standard InChI is InChI=1S/C10H16N2O/c1-7-8(2)12(6-11-7)9-4-3-5-10(9)13/h6,9-10,13H,3-5H2,1-2H3/t9-,10-/m0/s1. The van der Waals surface area contributed by atoms with E-state index in [4.69, 9.17) is 0 Å². The summed E-state index contributed by atoms with van der Waals surface area (Å²) in [7, 11) is 0. The summed E-state index contributed by atoms with van der Waals surface area (Å²) in [5.74, 6) is 0. The van der Waals surface area contributed by atoms with Crippen molar-refractivity contribution < 1.29 is 5.11 Å². The Kier molecular flexibility index (Phi) is 2.12. The number of aliphatic hydroxyl groups excluding tert-OH is 1. The van der Waals surface area contributed by atoms with Gasteiger partial charge in [-0.15, -0.1) is 0 Å². The van der Waals surface area contributed by atoms with E-state index < -0.39 is 0 Å². The SMILES string of the molecule is Cc1ncn([C@H]2CCC[C@@H]2O)c1C. The second-order valence-electron chi connectivity index (χ2n) is 3.89. The first-order valence-corrected chi connectivity index (χ1v) is 4.88. The quantitative estimate of drug-likeness (QED) is 0.712. The Hall–Kier alpha value is -0.830. The van der Waals surface area contributed by atoms with Crippen LogP contribution in [0.3, 0.4) is 0 Å². The predicted molar refractivity (Wildman–Crippen MR) is 50.6 cm³/mol. The normalized spacial score (nSPS) is 28.2. The first-order valence-electron chi connectivity index (χ1n) is 4.88. The molecule has 0 aromatic carbocycles. The molecule has 0 spiro atoms. The van der Waals surface area contributed by atoms with Crippen LogP contribution in [-0.2, 0) is 0 Å². The zero-order valence-electron chi connectivity index (χ0n) is 8.20. The fourth-order valence-electron chi connectivity index (χ4n) is 2.10. The summed E-state index contributed by atoms with van der Waals surface area (Å²) in [5, 5.41) is 9.73. The number of hydrogen-bond acceptors (Lipinski definition) is 2. The molecule has 13 heavy (non-hydrogen) atoms. The Morgan fingerprint density at radius 3 is 2.69 bits per heavy atom. The average Bonchev–Trinajstić information content (AvgIpc) is 2.62. The van der Waals surface area contributed by atoms with Crippen LogP contribution in [0.2, 0.25) is 0 Å². The van der Waals surface area contributed by atoms with Crippen LogP contribution in [0.15, 0.2) is 6.33 Å². The molecule has 3 nitrogen and oxygen atoms in total. The summed E-state index contributed by atoms with van der Waals surface area (Å²) in [6, 6.07) is 0.265. The summed E-state index contributed by atoms with van der Waals surface area (Å²) in [5.41, 5.74) is 2.25. The number of imidazole rings is 1. The van der Waals surface area contributed by atoms with Gasteiger partial charge in [-0.05, 0) is 33.1 Å². The van der Waals surface area contributed by atoms with Crippen molar-refractivity contribution in [2.75, 3.05) is 0 Å². The van der Waals surface area contributed by atoms with E-state index in [1.165, 1.54) is 5.69 Å². The average molecular weight is 180 g/mol. The highest BCUT2D eigenvalue weighted by molar-refractivity contribution is 5.10. The lowest BCUT2D eigenvalue weighted by molar-refractivity contribution is 0.135. The van der Waals surface area contributed by atoms with Gasteiger partial charge in [0.05, 0.1) is 24.2 Å². The van der Waals surface area contributed by atoms with Gasteiger partial charge in [-0.1, -0.05) is 0 Å². The van der Waals surface area contributed by atoms with Crippen LogP contribution < -0.4 is 0 Å². The minimum absolute atomic E-state index is 0.174. The minimum atomic E-state index is -0.174. The van der Waals surface area contributed by atoms with Crippen molar-refractivity contribution in [3.05, 3.63) is 17.7 Å². The van der Waals surface area contributed by atoms with Crippen molar-refractivity contribution in [3.8, 4) is 0 Å². The number of rotatable bonds is 1. The molecule has 0 amide bonds. The molecule has 1 fully saturated rings. The first-order chi connectivity index (χ1) is 6.20. The summed E-state index contributed by atoms with van der Waals surface area (Å²) < 4.78 is 2.12. The van der Waals surface area contributed by atoms with Gasteiger partial charge in [0.25, 0.3) is 0 Å². The van der Waals surface area contributed by atoms with E-state index in [1.54, 1.807) is 0 Å². The van der Waals surface area contributed by atoms with Gasteiger partial charge in [0.2, 0.25) is 0 Å². The maximum absolute atomic E-state index is 9.73. The molecule has 1 aromatic heterocycles. The van der Waals surface area contributed by atoms with Crippen molar-refractivity contribution in [1.82, 2.24) is 9.55 Å². The molecule has 1 aliphatic rings. The van der Waals surface area contributed by atoms with Crippen molar-refractivity contribution in [1.29, 1.82) is 0 Å². The van der Waals surface area contributed by atoms with Crippen LogP contribution in [0.1, 0.15) is 36.7 Å². The lowest BCUT2D eigenvalue weighted by Crippen LogP contribution is -2.18. The second kappa shape index (κ2) is 3.14. The smallest absolute Gasteiger partial charge is 0.0954 e. The lowest BCUT2D eigenvalue weighted by atomic mass is 10.2. The maximum atomic E-state index is 9.73. The summed E-state index contributed by atoms with van der Waals surface area (Å²) in [6.45, 7) is 4.07. The molecular formula is C10H16N2O. The van der Waals surface area contributed by atoms with Gasteiger partial charge in [-0.25, -0.2) is 4.98 Å². The highest BCUT2D eigenvalue weighted by Crippen LogP contribution is 2.31. The van der Waals surface area contributed by atoms with Crippen molar-refractivity contribution in [2.24, 2.45) is 0 Å². The van der Waals surface area contributed by atoms with Crippen molar-refractivity contribution >= 4 is 0 Å². The van der Waals surface area contributed by atoms with Gasteiger partial charge in [-0.2, -0.15) is 0 Å². The molecule has 1 N–H and O–H groups in total. The van der Waals surface area contributed by atoms with E-state index in [-0.39, 0.29) is 12.1 Å². The fourth-order valence-corrected chi connectivity index (χ4v) is 2.10. The number of hydrogen-bond donors (Lipinski definition) is 1. The third kappa shape index (κ3) is 1.37. The van der Waals surface area contributed by atoms with Crippen LogP contribution in [0, 0.1) is 13.8 Å². The molecule has 1 heterocycles. The predicted octanol–water partition coefficient (Wildman–Crippen LogP) is 1.59. The summed E-state index contributed by atoms with van der Waals surface area (Å²) in [4.78, 5) is 4.25. The van der Waals surface area contributed by atoms with Crippen molar-refractivity contribution in [3.63, 3.8) is 0 Å². The van der Waals surface area contributed by atoms with E-state index in [9.17, 15) is 5.11 Å². The topological polar surface area (TPSA) is 38.0 Å². The molecule has 1 aromatic rings. The summed E-state index contributed by atoms with van der Waals surface area (Å²) in [6.07, 6.45) is 4.82. The van der Waals surface area contributed by atoms with E-state index in [1.807, 2.05) is 13.3 Å². The maximum Gasteiger partial charge on any atom is 0.0954 e. The van der Waals surface area contributed by atoms with Gasteiger partial charge >= 0.3 is 0 Å². The number of aryl methyl sites for hydroxylation is 1. The van der Waals surface area contributed by atoms with Gasteiger partial charge in [0, 0.05) is 5.69 Å².